The molecule has 0 fully saturated rings. The van der Waals surface area contributed by atoms with Crippen molar-refractivity contribution in [2.45, 2.75) is 13.8 Å². The van der Waals surface area contributed by atoms with E-state index >= 15 is 0 Å². The summed E-state index contributed by atoms with van der Waals surface area (Å²) < 4.78 is 4.77. The molecule has 2 rings (SSSR count). The standard InChI is InChI=1S/C16H14N2O3/c1-3-21-16(20)13(9-17)8-12-7-11-6-4-5-10(2)14(11)18-15(12)19/h4-8H,3H2,1-2H3,(H,18,19)/b13-8-. The number of aryl methyl sites for hydroxylation is 1. The maximum Gasteiger partial charge on any atom is 0.348 e. The molecule has 1 heterocycles. The molecule has 5 heteroatoms. The van der Waals surface area contributed by atoms with E-state index in [9.17, 15) is 9.59 Å². The Hall–Kier alpha value is -2.87. The van der Waals surface area contributed by atoms with Gasteiger partial charge in [0.05, 0.1) is 12.1 Å². The number of benzene rings is 1. The second-order valence-electron chi connectivity index (χ2n) is 4.48. The van der Waals surface area contributed by atoms with Crippen molar-refractivity contribution in [3.8, 4) is 6.07 Å². The number of carbonyl (C=O) groups excluding carboxylic acids is 1. The highest BCUT2D eigenvalue weighted by Crippen LogP contribution is 2.16. The quantitative estimate of drug-likeness (QED) is 0.532. The molecule has 21 heavy (non-hydrogen) atoms. The van der Waals surface area contributed by atoms with Crippen molar-refractivity contribution in [1.29, 1.82) is 5.26 Å². The first-order valence-corrected chi connectivity index (χ1v) is 6.48. The molecule has 2 aromatic rings. The van der Waals surface area contributed by atoms with Crippen LogP contribution < -0.4 is 5.56 Å². The fourth-order valence-electron chi connectivity index (χ4n) is 2.01. The smallest absolute Gasteiger partial charge is 0.348 e. The van der Waals surface area contributed by atoms with Crippen LogP contribution in [-0.4, -0.2) is 17.6 Å². The number of nitrogens with zero attached hydrogens (tertiary/aromatic N) is 1. The number of fused-ring (bicyclic) bond motifs is 1. The van der Waals surface area contributed by atoms with E-state index in [4.69, 9.17) is 10.00 Å². The fraction of sp³-hybridized carbons (Fsp3) is 0.188. The van der Waals surface area contributed by atoms with E-state index < -0.39 is 5.97 Å². The van der Waals surface area contributed by atoms with Gasteiger partial charge in [0.15, 0.2) is 0 Å². The first-order valence-electron chi connectivity index (χ1n) is 6.48. The number of hydrogen-bond donors (Lipinski definition) is 1. The van der Waals surface area contributed by atoms with Crippen LogP contribution in [0.25, 0.3) is 17.0 Å². The molecule has 5 nitrogen and oxygen atoms in total. The summed E-state index contributed by atoms with van der Waals surface area (Å²) >= 11 is 0. The molecule has 0 aliphatic rings. The molecule has 1 aromatic heterocycles. The maximum atomic E-state index is 12.1. The van der Waals surface area contributed by atoms with Gasteiger partial charge >= 0.3 is 5.97 Å². The van der Waals surface area contributed by atoms with Crippen molar-refractivity contribution in [2.24, 2.45) is 0 Å². The number of ether oxygens (including phenoxy) is 1. The molecule has 1 aromatic carbocycles. The minimum atomic E-state index is -0.733. The number of pyridine rings is 1. The summed E-state index contributed by atoms with van der Waals surface area (Å²) in [4.78, 5) is 26.4. The molecule has 0 unspecified atom stereocenters. The number of aromatic amines is 1. The summed E-state index contributed by atoms with van der Waals surface area (Å²) in [6, 6.07) is 9.03. The average Bonchev–Trinajstić information content (AvgIpc) is 2.46. The summed E-state index contributed by atoms with van der Waals surface area (Å²) in [5.74, 6) is -0.733. The van der Waals surface area contributed by atoms with Gasteiger partial charge in [-0.05, 0) is 36.9 Å². The van der Waals surface area contributed by atoms with E-state index in [-0.39, 0.29) is 23.3 Å². The van der Waals surface area contributed by atoms with E-state index in [0.717, 1.165) is 16.5 Å². The van der Waals surface area contributed by atoms with E-state index in [1.807, 2.05) is 25.1 Å². The number of esters is 1. The van der Waals surface area contributed by atoms with Gasteiger partial charge in [0.2, 0.25) is 0 Å². The molecule has 0 saturated carbocycles. The van der Waals surface area contributed by atoms with Crippen LogP contribution in [0.15, 0.2) is 34.6 Å². The Labute approximate surface area is 121 Å². The lowest BCUT2D eigenvalue weighted by Gasteiger charge is -2.03. The number of rotatable bonds is 3. The monoisotopic (exact) mass is 282 g/mol. The molecular weight excluding hydrogens is 268 g/mol. The van der Waals surface area contributed by atoms with Gasteiger partial charge in [-0.25, -0.2) is 4.79 Å². The Balaban J connectivity index is 2.57. The number of nitrogens with one attached hydrogen (secondary N) is 1. The predicted molar refractivity (Wildman–Crippen MR) is 79.5 cm³/mol. The molecule has 0 amide bonds. The van der Waals surface area contributed by atoms with Gasteiger partial charge in [0.25, 0.3) is 5.56 Å². The minimum Gasteiger partial charge on any atom is -0.462 e. The molecular formula is C16H14N2O3. The number of para-hydroxylation sites is 1. The Morgan fingerprint density at radius 3 is 2.90 bits per heavy atom. The molecule has 0 aliphatic heterocycles. The van der Waals surface area contributed by atoms with Crippen molar-refractivity contribution in [3.05, 3.63) is 51.3 Å². The zero-order valence-electron chi connectivity index (χ0n) is 11.8. The maximum absolute atomic E-state index is 12.1. The topological polar surface area (TPSA) is 82.9 Å². The predicted octanol–water partition coefficient (Wildman–Crippen LogP) is 2.31. The van der Waals surface area contributed by atoms with Gasteiger partial charge in [0.1, 0.15) is 11.6 Å². The van der Waals surface area contributed by atoms with Gasteiger partial charge in [-0.2, -0.15) is 5.26 Å². The second-order valence-corrected chi connectivity index (χ2v) is 4.48. The Bertz CT molecular complexity index is 826. The van der Waals surface area contributed by atoms with Crippen LogP contribution in [0.1, 0.15) is 18.1 Å². The lowest BCUT2D eigenvalue weighted by molar-refractivity contribution is -0.137. The van der Waals surface area contributed by atoms with E-state index in [1.165, 1.54) is 6.08 Å². The van der Waals surface area contributed by atoms with Crippen LogP contribution in [0.4, 0.5) is 0 Å². The van der Waals surface area contributed by atoms with E-state index in [0.29, 0.717) is 0 Å². The normalized spacial score (nSPS) is 11.2. The van der Waals surface area contributed by atoms with Crippen molar-refractivity contribution in [1.82, 2.24) is 4.98 Å². The third-order valence-electron chi connectivity index (χ3n) is 3.03. The highest BCUT2D eigenvalue weighted by atomic mass is 16.5. The van der Waals surface area contributed by atoms with E-state index in [2.05, 4.69) is 4.98 Å². The van der Waals surface area contributed by atoms with Gasteiger partial charge < -0.3 is 9.72 Å². The van der Waals surface area contributed by atoms with Crippen LogP contribution >= 0.6 is 0 Å². The number of H-pyrrole nitrogens is 1. The van der Waals surface area contributed by atoms with Crippen molar-refractivity contribution in [3.63, 3.8) is 0 Å². The molecule has 1 N–H and O–H groups in total. The Morgan fingerprint density at radius 1 is 1.48 bits per heavy atom. The zero-order valence-corrected chi connectivity index (χ0v) is 11.8. The van der Waals surface area contributed by atoms with Crippen LogP contribution in [0, 0.1) is 18.3 Å². The summed E-state index contributed by atoms with van der Waals surface area (Å²) in [7, 11) is 0. The molecule has 0 aliphatic carbocycles. The third-order valence-corrected chi connectivity index (χ3v) is 3.03. The lowest BCUT2D eigenvalue weighted by Crippen LogP contribution is -2.12. The SMILES string of the molecule is CCOC(=O)/C(C#N)=C\c1cc2cccc(C)c2[nH]c1=O. The van der Waals surface area contributed by atoms with Crippen molar-refractivity contribution >= 4 is 22.9 Å². The van der Waals surface area contributed by atoms with Gasteiger partial charge in [-0.3, -0.25) is 4.79 Å². The summed E-state index contributed by atoms with van der Waals surface area (Å²) in [5, 5.41) is 9.84. The Morgan fingerprint density at radius 2 is 2.24 bits per heavy atom. The Kier molecular flexibility index (Phi) is 4.19. The highest BCUT2D eigenvalue weighted by molar-refractivity contribution is 5.98. The van der Waals surface area contributed by atoms with Crippen molar-refractivity contribution < 1.29 is 9.53 Å². The average molecular weight is 282 g/mol. The van der Waals surface area contributed by atoms with E-state index in [1.54, 1.807) is 19.1 Å². The summed E-state index contributed by atoms with van der Waals surface area (Å²) in [5.41, 5.74) is 1.39. The number of aromatic nitrogens is 1. The molecule has 0 spiro atoms. The van der Waals surface area contributed by atoms with Crippen LogP contribution in [0.3, 0.4) is 0 Å². The van der Waals surface area contributed by atoms with Crippen LogP contribution in [0.5, 0.6) is 0 Å². The summed E-state index contributed by atoms with van der Waals surface area (Å²) in [6.45, 7) is 3.72. The zero-order chi connectivity index (χ0) is 15.4. The van der Waals surface area contributed by atoms with Gasteiger partial charge in [-0.15, -0.1) is 0 Å². The van der Waals surface area contributed by atoms with Crippen molar-refractivity contribution in [2.75, 3.05) is 6.61 Å². The number of carbonyl (C=O) groups is 1. The number of nitriles is 1. The largest absolute Gasteiger partial charge is 0.462 e. The second kappa shape index (κ2) is 6.06. The number of hydrogen-bond acceptors (Lipinski definition) is 4. The lowest BCUT2D eigenvalue weighted by atomic mass is 10.1. The van der Waals surface area contributed by atoms with Crippen LogP contribution in [-0.2, 0) is 9.53 Å². The van der Waals surface area contributed by atoms with Gasteiger partial charge in [0, 0.05) is 5.56 Å². The molecule has 106 valence electrons. The highest BCUT2D eigenvalue weighted by Gasteiger charge is 2.11. The molecule has 0 atom stereocenters. The summed E-state index contributed by atoms with van der Waals surface area (Å²) in [6.07, 6.45) is 1.25. The first-order chi connectivity index (χ1) is 10.1. The van der Waals surface area contributed by atoms with Crippen LogP contribution in [0.2, 0.25) is 0 Å². The molecule has 0 radical (unpaired) electrons. The van der Waals surface area contributed by atoms with Gasteiger partial charge in [-0.1, -0.05) is 18.2 Å². The molecule has 0 saturated heterocycles. The third kappa shape index (κ3) is 3.00. The fourth-order valence-corrected chi connectivity index (χ4v) is 2.01. The first kappa shape index (κ1) is 14.5. The minimum absolute atomic E-state index is 0.172. The molecule has 0 bridgehead atoms.